The first-order valence-corrected chi connectivity index (χ1v) is 8.26. The lowest BCUT2D eigenvalue weighted by atomic mass is 9.97. The second-order valence-electron chi connectivity index (χ2n) is 6.14. The van der Waals surface area contributed by atoms with E-state index in [0.29, 0.717) is 0 Å². The monoisotopic (exact) mass is 310 g/mol. The molecule has 3 N–H and O–H groups in total. The first kappa shape index (κ1) is 14.2. The van der Waals surface area contributed by atoms with Crippen LogP contribution in [0.25, 0.3) is 11.5 Å². The van der Waals surface area contributed by atoms with Crippen molar-refractivity contribution in [3.05, 3.63) is 41.1 Å². The smallest absolute Gasteiger partial charge is 0.220 e. The predicted molar refractivity (Wildman–Crippen MR) is 92.9 cm³/mol. The predicted octanol–water partition coefficient (Wildman–Crippen LogP) is 3.13. The van der Waals surface area contributed by atoms with Gasteiger partial charge in [-0.25, -0.2) is 0 Å². The topological polar surface area (TPSA) is 65.1 Å². The minimum atomic E-state index is 0.736. The Hall–Kier alpha value is -2.43. The second-order valence-corrected chi connectivity index (χ2v) is 6.14. The summed E-state index contributed by atoms with van der Waals surface area (Å²) in [5, 5.41) is 8.19. The van der Waals surface area contributed by atoms with Crippen LogP contribution < -0.4 is 11.1 Å². The summed E-state index contributed by atoms with van der Waals surface area (Å²) in [6.45, 7) is 0.889. The summed E-state index contributed by atoms with van der Waals surface area (Å²) >= 11 is 0. The number of para-hydroxylation sites is 1. The number of aromatic nitrogens is 2. The molecule has 0 bridgehead atoms. The summed E-state index contributed by atoms with van der Waals surface area (Å²) in [6, 6.07) is 8.31. The van der Waals surface area contributed by atoms with Gasteiger partial charge in [-0.2, -0.15) is 9.78 Å². The molecule has 5 heteroatoms. The van der Waals surface area contributed by atoms with Crippen molar-refractivity contribution in [1.29, 1.82) is 0 Å². The molecule has 0 spiro atoms. The molecule has 0 unspecified atom stereocenters. The third-order valence-corrected chi connectivity index (χ3v) is 4.78. The zero-order valence-corrected chi connectivity index (χ0v) is 13.4. The van der Waals surface area contributed by atoms with Crippen molar-refractivity contribution in [2.24, 2.45) is 0 Å². The minimum Gasteiger partial charge on any atom is -0.481 e. The van der Waals surface area contributed by atoms with Crippen LogP contribution in [-0.4, -0.2) is 23.4 Å². The van der Waals surface area contributed by atoms with Crippen LogP contribution in [0.5, 0.6) is 0 Å². The second kappa shape index (κ2) is 5.65. The number of aryl methyl sites for hydroxylation is 1. The molecule has 120 valence electrons. The lowest BCUT2D eigenvalue weighted by molar-refractivity contribution is 0.338. The molecule has 23 heavy (non-hydrogen) atoms. The van der Waals surface area contributed by atoms with E-state index in [-0.39, 0.29) is 0 Å². The molecule has 0 amide bonds. The number of methoxy groups -OCH3 is 1. The van der Waals surface area contributed by atoms with Gasteiger partial charge in [0.15, 0.2) is 0 Å². The molecule has 0 fully saturated rings. The number of anilines is 2. The van der Waals surface area contributed by atoms with E-state index in [1.807, 2.05) is 10.7 Å². The van der Waals surface area contributed by atoms with Gasteiger partial charge in [0, 0.05) is 28.9 Å². The van der Waals surface area contributed by atoms with E-state index in [1.54, 1.807) is 7.11 Å². The van der Waals surface area contributed by atoms with Crippen molar-refractivity contribution in [2.45, 2.75) is 32.1 Å². The lowest BCUT2D eigenvalue weighted by Gasteiger charge is -2.23. The van der Waals surface area contributed by atoms with E-state index < -0.39 is 0 Å². The van der Waals surface area contributed by atoms with Gasteiger partial charge in [-0.15, -0.1) is 0 Å². The Morgan fingerprint density at radius 2 is 2.04 bits per heavy atom. The Bertz CT molecular complexity index is 775. The first-order chi connectivity index (χ1) is 11.3. The molecule has 2 aliphatic rings. The summed E-state index contributed by atoms with van der Waals surface area (Å²) in [6.07, 6.45) is 5.30. The number of nitrogens with zero attached hydrogens (tertiary/aromatic N) is 2. The van der Waals surface area contributed by atoms with Gasteiger partial charge in [0.1, 0.15) is 5.82 Å². The first-order valence-electron chi connectivity index (χ1n) is 8.26. The Kier molecular flexibility index (Phi) is 3.48. The standard InChI is InChI=1S/C18H22N4O/c1-23-18(13-10-11-20-15-8-4-2-6-12(13)15)22-17(19)14-7-3-5-9-16(14)21-22/h2,4,6,8,20H,3,5,7,9-11,19H2,1H3/b18-13-. The molecule has 0 saturated heterocycles. The fourth-order valence-corrected chi connectivity index (χ4v) is 3.65. The van der Waals surface area contributed by atoms with Crippen LogP contribution in [0.1, 0.15) is 36.1 Å². The molecule has 2 aromatic rings. The minimum absolute atomic E-state index is 0.736. The van der Waals surface area contributed by atoms with Gasteiger partial charge in [-0.05, 0) is 38.2 Å². The van der Waals surface area contributed by atoms with Gasteiger partial charge in [0.05, 0.1) is 12.8 Å². The van der Waals surface area contributed by atoms with Crippen molar-refractivity contribution in [3.8, 4) is 0 Å². The van der Waals surface area contributed by atoms with Crippen LogP contribution in [-0.2, 0) is 17.6 Å². The lowest BCUT2D eigenvalue weighted by Crippen LogP contribution is -2.15. The van der Waals surface area contributed by atoms with Crippen LogP contribution >= 0.6 is 0 Å². The number of nitrogens with one attached hydrogen (secondary N) is 1. The molecule has 1 aromatic heterocycles. The summed E-state index contributed by atoms with van der Waals surface area (Å²) in [4.78, 5) is 0. The van der Waals surface area contributed by atoms with Crippen molar-refractivity contribution < 1.29 is 4.74 Å². The number of benzene rings is 1. The third kappa shape index (κ3) is 2.27. The average Bonchev–Trinajstić information content (AvgIpc) is 2.93. The number of nitrogen functional groups attached to an aromatic ring is 1. The summed E-state index contributed by atoms with van der Waals surface area (Å²) < 4.78 is 7.58. The average molecular weight is 310 g/mol. The van der Waals surface area contributed by atoms with E-state index in [0.717, 1.165) is 54.5 Å². The summed E-state index contributed by atoms with van der Waals surface area (Å²) in [5.74, 6) is 1.49. The van der Waals surface area contributed by atoms with Crippen LogP contribution in [0.2, 0.25) is 0 Å². The normalized spacial score (nSPS) is 18.7. The Morgan fingerprint density at radius 3 is 2.87 bits per heavy atom. The zero-order valence-electron chi connectivity index (χ0n) is 13.4. The van der Waals surface area contributed by atoms with Gasteiger partial charge in [0.2, 0.25) is 5.88 Å². The van der Waals surface area contributed by atoms with Crippen LogP contribution in [0, 0.1) is 0 Å². The van der Waals surface area contributed by atoms with E-state index in [9.17, 15) is 0 Å². The van der Waals surface area contributed by atoms with E-state index in [1.165, 1.54) is 24.0 Å². The van der Waals surface area contributed by atoms with Crippen molar-refractivity contribution in [2.75, 3.05) is 24.7 Å². The molecular weight excluding hydrogens is 288 g/mol. The Morgan fingerprint density at radius 1 is 1.22 bits per heavy atom. The number of nitrogens with two attached hydrogens (primary N) is 1. The molecule has 0 atom stereocenters. The SMILES string of the molecule is CO/C(=C1/CCNc2ccccc21)n1nc2c(c1N)CCCC2. The summed E-state index contributed by atoms with van der Waals surface area (Å²) in [5.41, 5.74) is 12.2. The summed E-state index contributed by atoms with van der Waals surface area (Å²) in [7, 11) is 1.70. The van der Waals surface area contributed by atoms with E-state index in [4.69, 9.17) is 15.6 Å². The van der Waals surface area contributed by atoms with Gasteiger partial charge in [0.25, 0.3) is 0 Å². The molecule has 1 aliphatic carbocycles. The molecule has 5 nitrogen and oxygen atoms in total. The fourth-order valence-electron chi connectivity index (χ4n) is 3.65. The van der Waals surface area contributed by atoms with Crippen LogP contribution in [0.15, 0.2) is 24.3 Å². The Balaban J connectivity index is 1.88. The maximum absolute atomic E-state index is 6.40. The van der Waals surface area contributed by atoms with Crippen molar-refractivity contribution in [3.63, 3.8) is 0 Å². The van der Waals surface area contributed by atoms with Crippen molar-refractivity contribution >= 4 is 23.0 Å². The highest BCUT2D eigenvalue weighted by atomic mass is 16.5. The molecule has 1 aliphatic heterocycles. The van der Waals surface area contributed by atoms with E-state index in [2.05, 4.69) is 23.5 Å². The third-order valence-electron chi connectivity index (χ3n) is 4.78. The Labute approximate surface area is 136 Å². The maximum Gasteiger partial charge on any atom is 0.220 e. The fraction of sp³-hybridized carbons (Fsp3) is 0.389. The highest BCUT2D eigenvalue weighted by Crippen LogP contribution is 2.36. The molecular formula is C18H22N4O. The van der Waals surface area contributed by atoms with Gasteiger partial charge < -0.3 is 15.8 Å². The number of hydrogen-bond donors (Lipinski definition) is 2. The maximum atomic E-state index is 6.40. The number of hydrogen-bond acceptors (Lipinski definition) is 4. The molecule has 2 heterocycles. The molecule has 4 rings (SSSR count). The van der Waals surface area contributed by atoms with Crippen LogP contribution in [0.3, 0.4) is 0 Å². The van der Waals surface area contributed by atoms with Crippen LogP contribution in [0.4, 0.5) is 11.5 Å². The zero-order chi connectivity index (χ0) is 15.8. The highest BCUT2D eigenvalue weighted by Gasteiger charge is 2.25. The number of fused-ring (bicyclic) bond motifs is 2. The van der Waals surface area contributed by atoms with E-state index >= 15 is 0 Å². The number of ether oxygens (including phenoxy) is 1. The largest absolute Gasteiger partial charge is 0.481 e. The van der Waals surface area contributed by atoms with Gasteiger partial charge in [-0.3, -0.25) is 0 Å². The quantitative estimate of drug-likeness (QED) is 0.836. The van der Waals surface area contributed by atoms with Gasteiger partial charge >= 0.3 is 0 Å². The highest BCUT2D eigenvalue weighted by molar-refractivity contribution is 5.88. The molecule has 1 aromatic carbocycles. The molecule has 0 saturated carbocycles. The molecule has 0 radical (unpaired) electrons. The van der Waals surface area contributed by atoms with Gasteiger partial charge in [-0.1, -0.05) is 18.2 Å². The van der Waals surface area contributed by atoms with Crippen molar-refractivity contribution in [1.82, 2.24) is 9.78 Å². The number of rotatable bonds is 2.